The molecule has 0 amide bonds. The molecular weight excluding hydrogens is 580 g/mol. The number of hydrogen-bond donors (Lipinski definition) is 1. The number of Topliss-reactive ketones (excluding diaryl/α,β-unsaturated/α-hetero) is 1. The number of allylic oxidation sites excluding steroid dienone is 3. The maximum absolute atomic E-state index is 14.0. The molecule has 2 aliphatic rings. The SMILES string of the molecule is Cc1cc(C)c(C2C(C#N)=C(N)N(c3ccc(Cl)c([N+](=O)[O-])c3)C3=C2C(=O)CC(C)(C)C3)cc1CSc1ccccc1C. The predicted octanol–water partition coefficient (Wildman–Crippen LogP) is 8.41. The third-order valence-corrected chi connectivity index (χ3v) is 9.82. The average molecular weight is 613 g/mol. The first kappa shape index (κ1) is 30.4. The zero-order valence-electron chi connectivity index (χ0n) is 24.8. The average Bonchev–Trinajstić information content (AvgIpc) is 2.93. The maximum atomic E-state index is 14.0. The fraction of sp³-hybridized carbons (Fsp3) is 0.294. The fourth-order valence-corrected chi connectivity index (χ4v) is 7.43. The van der Waals surface area contributed by atoms with Gasteiger partial charge >= 0.3 is 0 Å². The number of carbonyl (C=O) groups is 1. The molecular formula is C34H33ClN4O3S. The molecule has 0 saturated heterocycles. The van der Waals surface area contributed by atoms with Crippen molar-refractivity contribution in [1.29, 1.82) is 5.26 Å². The summed E-state index contributed by atoms with van der Waals surface area (Å²) in [6.45, 7) is 10.2. The number of halogens is 1. The lowest BCUT2D eigenvalue weighted by Gasteiger charge is -2.44. The summed E-state index contributed by atoms with van der Waals surface area (Å²) in [6, 6.07) is 19.2. The van der Waals surface area contributed by atoms with Gasteiger partial charge in [0, 0.05) is 34.4 Å². The molecule has 1 aliphatic heterocycles. The molecule has 3 aromatic carbocycles. The Balaban J connectivity index is 1.69. The molecule has 0 bridgehead atoms. The van der Waals surface area contributed by atoms with Gasteiger partial charge in [-0.05, 0) is 78.6 Å². The number of nitrogens with two attached hydrogens (primary N) is 1. The smallest absolute Gasteiger partial charge is 0.289 e. The molecule has 0 saturated carbocycles. The van der Waals surface area contributed by atoms with Gasteiger partial charge in [-0.3, -0.25) is 19.8 Å². The Morgan fingerprint density at radius 2 is 1.81 bits per heavy atom. The highest BCUT2D eigenvalue weighted by atomic mass is 35.5. The second kappa shape index (κ2) is 11.6. The van der Waals surface area contributed by atoms with Crippen molar-refractivity contribution in [3.63, 3.8) is 0 Å². The molecule has 1 atom stereocenters. The van der Waals surface area contributed by atoms with Crippen LogP contribution in [0, 0.1) is 47.6 Å². The molecule has 3 aromatic rings. The molecule has 5 rings (SSSR count). The van der Waals surface area contributed by atoms with Crippen LogP contribution in [-0.4, -0.2) is 10.7 Å². The number of hydrogen-bond acceptors (Lipinski definition) is 7. The molecule has 220 valence electrons. The Labute approximate surface area is 261 Å². The van der Waals surface area contributed by atoms with Crippen LogP contribution in [-0.2, 0) is 10.5 Å². The highest BCUT2D eigenvalue weighted by molar-refractivity contribution is 7.98. The fourth-order valence-electron chi connectivity index (χ4n) is 6.15. The Morgan fingerprint density at radius 3 is 2.49 bits per heavy atom. The van der Waals surface area contributed by atoms with Crippen LogP contribution >= 0.6 is 23.4 Å². The molecule has 0 aromatic heterocycles. The van der Waals surface area contributed by atoms with E-state index >= 15 is 0 Å². The number of nitriles is 1. The summed E-state index contributed by atoms with van der Waals surface area (Å²) in [5.74, 6) is 0.181. The number of nitro benzene ring substituents is 1. The predicted molar refractivity (Wildman–Crippen MR) is 172 cm³/mol. The van der Waals surface area contributed by atoms with E-state index in [1.807, 2.05) is 32.9 Å². The van der Waals surface area contributed by atoms with Gasteiger partial charge in [0.2, 0.25) is 0 Å². The number of nitro groups is 1. The monoisotopic (exact) mass is 612 g/mol. The number of rotatable bonds is 6. The number of anilines is 1. The standard InChI is InChI=1S/C34H33ClN4O3S/c1-19-8-6-7-9-30(19)43-18-22-13-24(21(3)12-20(22)2)31-25(17-36)33(37)38(23-10-11-26(35)27(14-23)39(41)42)28-15-34(4,5)16-29(40)32(28)31/h6-14,31H,15-16,18,37H2,1-5H3. The van der Waals surface area contributed by atoms with Crippen LogP contribution in [0.4, 0.5) is 11.4 Å². The number of nitrogens with zero attached hydrogens (tertiary/aromatic N) is 3. The zero-order chi connectivity index (χ0) is 31.2. The van der Waals surface area contributed by atoms with Gasteiger partial charge in [-0.2, -0.15) is 5.26 Å². The van der Waals surface area contributed by atoms with Crippen molar-refractivity contribution in [2.45, 2.75) is 64.0 Å². The first-order chi connectivity index (χ1) is 20.3. The number of benzene rings is 3. The molecule has 1 aliphatic carbocycles. The minimum atomic E-state index is -0.648. The number of ketones is 1. The molecule has 2 N–H and O–H groups in total. The van der Waals surface area contributed by atoms with Gasteiger partial charge in [-0.25, -0.2) is 0 Å². The topological polar surface area (TPSA) is 113 Å². The number of carbonyl (C=O) groups excluding carboxylic acids is 1. The Morgan fingerprint density at radius 1 is 1.09 bits per heavy atom. The lowest BCUT2D eigenvalue weighted by atomic mass is 9.68. The molecule has 1 heterocycles. The van der Waals surface area contributed by atoms with Crippen molar-refractivity contribution in [2.75, 3.05) is 4.90 Å². The summed E-state index contributed by atoms with van der Waals surface area (Å²) < 4.78 is 0. The van der Waals surface area contributed by atoms with Gasteiger partial charge in [0.1, 0.15) is 10.8 Å². The third kappa shape index (κ3) is 5.67. The second-order valence-electron chi connectivity index (χ2n) is 12.1. The summed E-state index contributed by atoms with van der Waals surface area (Å²) in [7, 11) is 0. The third-order valence-electron chi connectivity index (χ3n) is 8.28. The van der Waals surface area contributed by atoms with E-state index in [9.17, 15) is 20.2 Å². The van der Waals surface area contributed by atoms with Gasteiger partial charge in [-0.1, -0.05) is 55.8 Å². The zero-order valence-corrected chi connectivity index (χ0v) is 26.4. The highest BCUT2D eigenvalue weighted by Crippen LogP contribution is 2.51. The van der Waals surface area contributed by atoms with E-state index in [4.69, 9.17) is 17.3 Å². The van der Waals surface area contributed by atoms with Crippen molar-refractivity contribution >= 4 is 40.5 Å². The second-order valence-corrected chi connectivity index (χ2v) is 13.5. The van der Waals surface area contributed by atoms with Crippen LogP contribution in [0.1, 0.15) is 60.4 Å². The summed E-state index contributed by atoms with van der Waals surface area (Å²) in [4.78, 5) is 28.0. The summed E-state index contributed by atoms with van der Waals surface area (Å²) >= 11 is 7.88. The van der Waals surface area contributed by atoms with Gasteiger partial charge in [0.15, 0.2) is 5.78 Å². The van der Waals surface area contributed by atoms with Crippen LogP contribution < -0.4 is 10.6 Å². The lowest BCUT2D eigenvalue weighted by molar-refractivity contribution is -0.384. The Kier molecular flexibility index (Phi) is 8.17. The van der Waals surface area contributed by atoms with Crippen molar-refractivity contribution in [3.05, 3.63) is 120 Å². The summed E-state index contributed by atoms with van der Waals surface area (Å²) in [6.07, 6.45) is 0.817. The Bertz CT molecular complexity index is 1790. The van der Waals surface area contributed by atoms with Gasteiger partial charge in [0.25, 0.3) is 5.69 Å². The Hall–Kier alpha value is -4.06. The first-order valence-corrected chi connectivity index (χ1v) is 15.4. The van der Waals surface area contributed by atoms with Crippen LogP contribution in [0.15, 0.2) is 82.2 Å². The van der Waals surface area contributed by atoms with Crippen LogP contribution in [0.5, 0.6) is 0 Å². The number of thioether (sulfide) groups is 1. The quantitative estimate of drug-likeness (QED) is 0.169. The van der Waals surface area contributed by atoms with E-state index in [2.05, 4.69) is 44.2 Å². The molecule has 7 nitrogen and oxygen atoms in total. The van der Waals surface area contributed by atoms with Crippen molar-refractivity contribution in [1.82, 2.24) is 0 Å². The number of aryl methyl sites for hydroxylation is 3. The maximum Gasteiger partial charge on any atom is 0.289 e. The van der Waals surface area contributed by atoms with Crippen molar-refractivity contribution < 1.29 is 9.72 Å². The molecule has 1 unspecified atom stereocenters. The minimum Gasteiger partial charge on any atom is -0.384 e. The van der Waals surface area contributed by atoms with E-state index in [1.165, 1.54) is 22.6 Å². The van der Waals surface area contributed by atoms with Gasteiger partial charge in [0.05, 0.1) is 28.2 Å². The van der Waals surface area contributed by atoms with Crippen LogP contribution in [0.25, 0.3) is 0 Å². The van der Waals surface area contributed by atoms with Gasteiger partial charge < -0.3 is 5.73 Å². The van der Waals surface area contributed by atoms with Crippen LogP contribution in [0.3, 0.4) is 0 Å². The summed E-state index contributed by atoms with van der Waals surface area (Å²) in [5.41, 5.74) is 13.2. The lowest BCUT2D eigenvalue weighted by Crippen LogP contribution is -2.42. The molecule has 0 spiro atoms. The van der Waals surface area contributed by atoms with Crippen molar-refractivity contribution in [2.24, 2.45) is 11.1 Å². The van der Waals surface area contributed by atoms with Gasteiger partial charge in [-0.15, -0.1) is 11.8 Å². The largest absolute Gasteiger partial charge is 0.384 e. The molecule has 0 radical (unpaired) electrons. The minimum absolute atomic E-state index is 0.00711. The summed E-state index contributed by atoms with van der Waals surface area (Å²) in [5, 5.41) is 22.3. The first-order valence-electron chi connectivity index (χ1n) is 14.0. The van der Waals surface area contributed by atoms with E-state index in [0.717, 1.165) is 28.0 Å². The van der Waals surface area contributed by atoms with Crippen LogP contribution in [0.2, 0.25) is 5.02 Å². The molecule has 0 fully saturated rings. The van der Waals surface area contributed by atoms with E-state index in [1.54, 1.807) is 22.7 Å². The molecule has 43 heavy (non-hydrogen) atoms. The van der Waals surface area contributed by atoms with Crippen molar-refractivity contribution in [3.8, 4) is 6.07 Å². The van der Waals surface area contributed by atoms with E-state index in [-0.39, 0.29) is 33.3 Å². The normalized spacial score (nSPS) is 18.0. The van der Waals surface area contributed by atoms with E-state index < -0.39 is 10.8 Å². The molecule has 9 heteroatoms. The highest BCUT2D eigenvalue weighted by Gasteiger charge is 2.45. The van der Waals surface area contributed by atoms with E-state index in [0.29, 0.717) is 29.8 Å².